The van der Waals surface area contributed by atoms with Gasteiger partial charge in [0.1, 0.15) is 11.4 Å². The molecule has 0 aliphatic carbocycles. The van der Waals surface area contributed by atoms with Gasteiger partial charge in [0, 0.05) is 32.4 Å². The van der Waals surface area contributed by atoms with Crippen LogP contribution in [0.3, 0.4) is 0 Å². The van der Waals surface area contributed by atoms with Gasteiger partial charge in [-0.25, -0.2) is 0 Å². The Morgan fingerprint density at radius 2 is 1.83 bits per heavy atom. The number of ether oxygens (including phenoxy) is 1. The monoisotopic (exact) mass is 389 g/mol. The van der Waals surface area contributed by atoms with Crippen LogP contribution in [-0.4, -0.2) is 58.8 Å². The van der Waals surface area contributed by atoms with Gasteiger partial charge in [0.15, 0.2) is 12.4 Å². The third-order valence-corrected chi connectivity index (χ3v) is 4.89. The Balaban J connectivity index is 1.29. The maximum absolute atomic E-state index is 12.4. The van der Waals surface area contributed by atoms with Gasteiger partial charge in [-0.3, -0.25) is 9.78 Å². The van der Waals surface area contributed by atoms with Crippen LogP contribution in [0.1, 0.15) is 5.56 Å². The summed E-state index contributed by atoms with van der Waals surface area (Å²) in [5, 5.41) is 8.63. The molecule has 4 rings (SSSR count). The number of nitrogens with zero attached hydrogens (tertiary/aromatic N) is 5. The predicted octanol–water partition coefficient (Wildman–Crippen LogP) is 2.57. The first-order valence-electron chi connectivity index (χ1n) is 9.66. The van der Waals surface area contributed by atoms with Crippen molar-refractivity contribution in [1.82, 2.24) is 20.1 Å². The van der Waals surface area contributed by atoms with Crippen molar-refractivity contribution in [2.75, 3.05) is 37.7 Å². The second-order valence-corrected chi connectivity index (χ2v) is 6.96. The second kappa shape index (κ2) is 8.68. The number of carbonyl (C=O) groups is 1. The quantitative estimate of drug-likeness (QED) is 0.668. The van der Waals surface area contributed by atoms with Crippen LogP contribution in [0, 0.1) is 6.92 Å². The fourth-order valence-corrected chi connectivity index (χ4v) is 3.27. The highest BCUT2D eigenvalue weighted by Gasteiger charge is 2.22. The van der Waals surface area contributed by atoms with E-state index in [1.165, 1.54) is 0 Å². The molecule has 0 bridgehead atoms. The van der Waals surface area contributed by atoms with Crippen molar-refractivity contribution < 1.29 is 9.53 Å². The maximum atomic E-state index is 12.4. The fourth-order valence-electron chi connectivity index (χ4n) is 3.27. The third-order valence-electron chi connectivity index (χ3n) is 4.89. The SMILES string of the molecule is Cc1cccc(OCC(=O)N2CCN(c3ccc(-c4ccccn4)nn3)CC2)c1. The number of carbonyl (C=O) groups excluding carboxylic acids is 1. The zero-order valence-corrected chi connectivity index (χ0v) is 16.4. The molecule has 0 spiro atoms. The van der Waals surface area contributed by atoms with Crippen molar-refractivity contribution in [3.8, 4) is 17.1 Å². The number of rotatable bonds is 5. The minimum Gasteiger partial charge on any atom is -0.484 e. The lowest BCUT2D eigenvalue weighted by Crippen LogP contribution is -2.50. The Kier molecular flexibility index (Phi) is 5.65. The zero-order chi connectivity index (χ0) is 20.1. The van der Waals surface area contributed by atoms with Gasteiger partial charge in [-0.05, 0) is 48.9 Å². The molecule has 148 valence electrons. The summed E-state index contributed by atoms with van der Waals surface area (Å²) in [6.45, 7) is 4.77. The molecule has 1 aliphatic rings. The molecule has 1 saturated heterocycles. The Morgan fingerprint density at radius 1 is 0.966 bits per heavy atom. The largest absolute Gasteiger partial charge is 0.484 e. The van der Waals surface area contributed by atoms with Gasteiger partial charge in [-0.1, -0.05) is 18.2 Å². The number of pyridine rings is 1. The first-order valence-corrected chi connectivity index (χ1v) is 9.66. The van der Waals surface area contributed by atoms with Crippen LogP contribution in [-0.2, 0) is 4.79 Å². The topological polar surface area (TPSA) is 71.5 Å². The average molecular weight is 389 g/mol. The molecule has 0 N–H and O–H groups in total. The van der Waals surface area contributed by atoms with Gasteiger partial charge in [0.2, 0.25) is 0 Å². The van der Waals surface area contributed by atoms with Crippen LogP contribution in [0.5, 0.6) is 5.75 Å². The Hall–Kier alpha value is -3.48. The minimum absolute atomic E-state index is 0.00254. The number of aryl methyl sites for hydroxylation is 1. The van der Waals surface area contributed by atoms with Crippen LogP contribution in [0.25, 0.3) is 11.4 Å². The summed E-state index contributed by atoms with van der Waals surface area (Å²) in [5.41, 5.74) is 2.66. The Bertz CT molecular complexity index is 954. The van der Waals surface area contributed by atoms with Crippen molar-refractivity contribution >= 4 is 11.7 Å². The highest BCUT2D eigenvalue weighted by molar-refractivity contribution is 5.78. The molecule has 2 aromatic heterocycles. The van der Waals surface area contributed by atoms with Crippen LogP contribution in [0.2, 0.25) is 0 Å². The van der Waals surface area contributed by atoms with Crippen LogP contribution in [0.15, 0.2) is 60.8 Å². The average Bonchev–Trinajstić information content (AvgIpc) is 2.78. The highest BCUT2D eigenvalue weighted by atomic mass is 16.5. The third kappa shape index (κ3) is 4.68. The lowest BCUT2D eigenvalue weighted by atomic mass is 10.2. The number of hydrogen-bond acceptors (Lipinski definition) is 6. The van der Waals surface area contributed by atoms with E-state index in [9.17, 15) is 4.79 Å². The number of anilines is 1. The van der Waals surface area contributed by atoms with Crippen molar-refractivity contribution in [1.29, 1.82) is 0 Å². The van der Waals surface area contributed by atoms with E-state index in [1.807, 2.05) is 66.4 Å². The first kappa shape index (κ1) is 18.9. The summed E-state index contributed by atoms with van der Waals surface area (Å²) in [6, 6.07) is 17.3. The van der Waals surface area contributed by atoms with E-state index in [-0.39, 0.29) is 12.5 Å². The molecule has 0 radical (unpaired) electrons. The van der Waals surface area contributed by atoms with Crippen molar-refractivity contribution in [2.45, 2.75) is 6.92 Å². The fraction of sp³-hybridized carbons (Fsp3) is 0.273. The van der Waals surface area contributed by atoms with E-state index in [0.717, 1.165) is 28.5 Å². The number of benzene rings is 1. The molecule has 7 nitrogen and oxygen atoms in total. The van der Waals surface area contributed by atoms with Crippen molar-refractivity contribution in [3.63, 3.8) is 0 Å². The zero-order valence-electron chi connectivity index (χ0n) is 16.4. The van der Waals surface area contributed by atoms with E-state index in [1.54, 1.807) is 6.20 Å². The molecule has 0 saturated carbocycles. The smallest absolute Gasteiger partial charge is 0.260 e. The molecule has 3 heterocycles. The number of amides is 1. The number of piperazine rings is 1. The highest BCUT2D eigenvalue weighted by Crippen LogP contribution is 2.18. The Morgan fingerprint density at radius 3 is 2.52 bits per heavy atom. The van der Waals surface area contributed by atoms with Gasteiger partial charge in [-0.15, -0.1) is 10.2 Å². The molecule has 3 aromatic rings. The van der Waals surface area contributed by atoms with Gasteiger partial charge >= 0.3 is 0 Å². The lowest BCUT2D eigenvalue weighted by molar-refractivity contribution is -0.133. The molecule has 1 aromatic carbocycles. The summed E-state index contributed by atoms with van der Waals surface area (Å²) in [7, 11) is 0. The number of aromatic nitrogens is 3. The van der Waals surface area contributed by atoms with Gasteiger partial charge < -0.3 is 14.5 Å². The predicted molar refractivity (Wildman–Crippen MR) is 111 cm³/mol. The van der Waals surface area contributed by atoms with Gasteiger partial charge in [0.05, 0.1) is 5.69 Å². The van der Waals surface area contributed by atoms with Crippen LogP contribution >= 0.6 is 0 Å². The second-order valence-electron chi connectivity index (χ2n) is 6.96. The lowest BCUT2D eigenvalue weighted by Gasteiger charge is -2.35. The normalized spacial score (nSPS) is 14.0. The molecule has 1 aliphatic heterocycles. The molecule has 7 heteroatoms. The molecule has 1 amide bonds. The maximum Gasteiger partial charge on any atom is 0.260 e. The standard InChI is InChI=1S/C22H23N5O2/c1-17-5-4-6-18(15-17)29-16-22(28)27-13-11-26(12-14-27)21-9-8-20(24-25-21)19-7-2-3-10-23-19/h2-10,15H,11-14,16H2,1H3. The Labute approximate surface area is 170 Å². The van der Waals surface area contributed by atoms with E-state index in [0.29, 0.717) is 26.2 Å². The molecular weight excluding hydrogens is 366 g/mol. The van der Waals surface area contributed by atoms with Gasteiger partial charge in [-0.2, -0.15) is 0 Å². The molecule has 0 atom stereocenters. The molecular formula is C22H23N5O2. The number of hydrogen-bond donors (Lipinski definition) is 0. The van der Waals surface area contributed by atoms with E-state index >= 15 is 0 Å². The van der Waals surface area contributed by atoms with Crippen LogP contribution in [0.4, 0.5) is 5.82 Å². The summed E-state index contributed by atoms with van der Waals surface area (Å²) in [4.78, 5) is 20.7. The van der Waals surface area contributed by atoms with E-state index < -0.39 is 0 Å². The van der Waals surface area contributed by atoms with Crippen molar-refractivity contribution in [2.24, 2.45) is 0 Å². The first-order chi connectivity index (χ1) is 14.2. The summed E-state index contributed by atoms with van der Waals surface area (Å²) in [5.74, 6) is 1.54. The van der Waals surface area contributed by atoms with E-state index in [2.05, 4.69) is 20.1 Å². The van der Waals surface area contributed by atoms with Crippen molar-refractivity contribution in [3.05, 3.63) is 66.4 Å². The minimum atomic E-state index is 0.00254. The summed E-state index contributed by atoms with van der Waals surface area (Å²) < 4.78 is 5.64. The van der Waals surface area contributed by atoms with Crippen LogP contribution < -0.4 is 9.64 Å². The summed E-state index contributed by atoms with van der Waals surface area (Å²) >= 11 is 0. The van der Waals surface area contributed by atoms with Gasteiger partial charge in [0.25, 0.3) is 5.91 Å². The van der Waals surface area contributed by atoms with E-state index in [4.69, 9.17) is 4.74 Å². The summed E-state index contributed by atoms with van der Waals surface area (Å²) in [6.07, 6.45) is 1.74. The molecule has 29 heavy (non-hydrogen) atoms. The molecule has 0 unspecified atom stereocenters. The molecule has 1 fully saturated rings.